The molecule has 0 fully saturated rings. The minimum absolute atomic E-state index is 0. The predicted molar refractivity (Wildman–Crippen MR) is 60.7 cm³/mol. The predicted octanol–water partition coefficient (Wildman–Crippen LogP) is -5.36. The zero-order valence-corrected chi connectivity index (χ0v) is 16.8. The minimum atomic E-state index is -1.79. The summed E-state index contributed by atoms with van der Waals surface area (Å²) in [6.07, 6.45) is 4.92. The van der Waals surface area contributed by atoms with Crippen molar-refractivity contribution in [2.45, 2.75) is 65.2 Å². The zero-order chi connectivity index (χ0) is 13.3. The summed E-state index contributed by atoms with van der Waals surface area (Å²) in [6.45, 7) is 3.97. The summed E-state index contributed by atoms with van der Waals surface area (Å²) in [6, 6.07) is 0. The maximum atomic E-state index is 11.1. The van der Waals surface area contributed by atoms with E-state index >= 15 is 0 Å². The first kappa shape index (κ1) is 24.9. The molecule has 0 atom stereocenters. The fourth-order valence-corrected chi connectivity index (χ4v) is 1.97. The van der Waals surface area contributed by atoms with Gasteiger partial charge in [0.1, 0.15) is 0 Å². The third kappa shape index (κ3) is 8.74. The molecule has 0 N–H and O–H groups in total. The van der Waals surface area contributed by atoms with Gasteiger partial charge in [-0.25, -0.2) is 0 Å². The van der Waals surface area contributed by atoms with Gasteiger partial charge in [0.05, 0.1) is 11.9 Å². The van der Waals surface area contributed by atoms with Crippen LogP contribution in [0.5, 0.6) is 0 Å². The van der Waals surface area contributed by atoms with Crippen molar-refractivity contribution in [3.8, 4) is 0 Å². The molecular weight excluding hydrogens is 266 g/mol. The van der Waals surface area contributed by atoms with Gasteiger partial charge in [0.15, 0.2) is 0 Å². The average molecular weight is 288 g/mol. The molecule has 0 aromatic carbocycles. The Hall–Kier alpha value is 0.940. The normalized spacial score (nSPS) is 10.2. The van der Waals surface area contributed by atoms with Gasteiger partial charge < -0.3 is 19.8 Å². The van der Waals surface area contributed by atoms with E-state index in [1.54, 1.807) is 0 Å². The number of unbranched alkanes of at least 4 members (excludes halogenated alkanes) is 4. The second-order valence-corrected chi connectivity index (χ2v) is 4.57. The number of carbonyl (C=O) groups excluding carboxylic acids is 2. The Kier molecular flexibility index (Phi) is 18.2. The van der Waals surface area contributed by atoms with Gasteiger partial charge in [-0.2, -0.15) is 0 Å². The van der Waals surface area contributed by atoms with Crippen molar-refractivity contribution in [2.75, 3.05) is 0 Å². The van der Waals surface area contributed by atoms with Crippen molar-refractivity contribution in [3.63, 3.8) is 0 Å². The molecule has 0 saturated carbocycles. The molecule has 0 bridgehead atoms. The molecule has 0 unspecified atom stereocenters. The SMILES string of the molecule is CCCCCC(CCCCC)(C(=O)[O-])C(=O)[O-].[Na+].[Na+]. The molecule has 0 radical (unpaired) electrons. The van der Waals surface area contributed by atoms with Gasteiger partial charge in [0.2, 0.25) is 0 Å². The van der Waals surface area contributed by atoms with E-state index in [0.717, 1.165) is 25.7 Å². The fourth-order valence-electron chi connectivity index (χ4n) is 1.97. The van der Waals surface area contributed by atoms with E-state index in [9.17, 15) is 19.8 Å². The molecule has 4 nitrogen and oxygen atoms in total. The Morgan fingerprint density at radius 3 is 1.32 bits per heavy atom. The Bertz CT molecular complexity index is 231. The molecule has 0 spiro atoms. The summed E-state index contributed by atoms with van der Waals surface area (Å²) in [5, 5.41) is 22.2. The summed E-state index contributed by atoms with van der Waals surface area (Å²) in [5.41, 5.74) is -1.79. The van der Waals surface area contributed by atoms with E-state index in [1.165, 1.54) is 0 Å². The quantitative estimate of drug-likeness (QED) is 0.228. The summed E-state index contributed by atoms with van der Waals surface area (Å²) in [5.74, 6) is -2.99. The molecule has 0 aliphatic carbocycles. The standard InChI is InChI=1S/C13H24O4.2Na/c1-3-5-7-9-13(11(14)15,12(16)17)10-8-6-4-2;;/h3-10H2,1-2H3,(H,14,15)(H,16,17);;/q;2*+1/p-2. The fraction of sp³-hybridized carbons (Fsp3) is 0.846. The third-order valence-electron chi connectivity index (χ3n) is 3.20. The average Bonchev–Trinajstić information content (AvgIpc) is 2.26. The van der Waals surface area contributed by atoms with Crippen LogP contribution < -0.4 is 69.3 Å². The van der Waals surface area contributed by atoms with Crippen LogP contribution in [0.3, 0.4) is 0 Å². The van der Waals surface area contributed by atoms with Gasteiger partial charge in [0, 0.05) is 5.41 Å². The monoisotopic (exact) mass is 288 g/mol. The molecule has 100 valence electrons. The van der Waals surface area contributed by atoms with Crippen molar-refractivity contribution in [2.24, 2.45) is 5.41 Å². The number of hydrogen-bond donors (Lipinski definition) is 0. The summed E-state index contributed by atoms with van der Waals surface area (Å²) in [4.78, 5) is 22.2. The third-order valence-corrected chi connectivity index (χ3v) is 3.20. The van der Waals surface area contributed by atoms with Crippen LogP contribution in [0.4, 0.5) is 0 Å². The zero-order valence-electron chi connectivity index (χ0n) is 12.8. The summed E-state index contributed by atoms with van der Waals surface area (Å²) >= 11 is 0. The first-order valence-electron chi connectivity index (χ1n) is 6.44. The molecule has 0 saturated heterocycles. The van der Waals surface area contributed by atoms with E-state index in [4.69, 9.17) is 0 Å². The van der Waals surface area contributed by atoms with E-state index in [1.807, 2.05) is 13.8 Å². The van der Waals surface area contributed by atoms with E-state index in [-0.39, 0.29) is 72.0 Å². The van der Waals surface area contributed by atoms with Crippen molar-refractivity contribution in [1.29, 1.82) is 0 Å². The number of carboxylic acids is 2. The van der Waals surface area contributed by atoms with Crippen LogP contribution in [0.2, 0.25) is 0 Å². The van der Waals surface area contributed by atoms with Crippen LogP contribution in [0.15, 0.2) is 0 Å². The first-order chi connectivity index (χ1) is 8.01. The summed E-state index contributed by atoms with van der Waals surface area (Å²) in [7, 11) is 0. The van der Waals surface area contributed by atoms with Gasteiger partial charge in [0.25, 0.3) is 0 Å². The van der Waals surface area contributed by atoms with Crippen LogP contribution in [0.1, 0.15) is 65.2 Å². The van der Waals surface area contributed by atoms with Crippen LogP contribution in [-0.2, 0) is 9.59 Å². The molecule has 0 amide bonds. The van der Waals surface area contributed by atoms with Gasteiger partial charge in [-0.05, 0) is 12.8 Å². The Morgan fingerprint density at radius 1 is 0.789 bits per heavy atom. The topological polar surface area (TPSA) is 80.3 Å². The van der Waals surface area contributed by atoms with Crippen molar-refractivity contribution in [1.82, 2.24) is 0 Å². The molecular formula is C13H22Na2O4. The molecule has 0 aromatic rings. The smallest absolute Gasteiger partial charge is 0.549 e. The molecule has 19 heavy (non-hydrogen) atoms. The Labute approximate surface area is 160 Å². The maximum absolute atomic E-state index is 11.1. The van der Waals surface area contributed by atoms with E-state index < -0.39 is 17.4 Å². The molecule has 0 aliphatic rings. The number of rotatable bonds is 10. The van der Waals surface area contributed by atoms with Crippen LogP contribution >= 0.6 is 0 Å². The molecule has 0 aromatic heterocycles. The van der Waals surface area contributed by atoms with Gasteiger partial charge in [-0.1, -0.05) is 52.4 Å². The summed E-state index contributed by atoms with van der Waals surface area (Å²) < 4.78 is 0. The Balaban J connectivity index is -0.00000128. The van der Waals surface area contributed by atoms with Gasteiger partial charge in [-0.15, -0.1) is 0 Å². The van der Waals surface area contributed by atoms with Gasteiger partial charge in [-0.3, -0.25) is 0 Å². The van der Waals surface area contributed by atoms with Crippen LogP contribution in [0, 0.1) is 5.41 Å². The number of carbonyl (C=O) groups is 2. The number of carboxylic acid groups (broad SMARTS) is 2. The number of hydrogen-bond acceptors (Lipinski definition) is 4. The second kappa shape index (κ2) is 13.9. The van der Waals surface area contributed by atoms with Crippen LogP contribution in [-0.4, -0.2) is 11.9 Å². The van der Waals surface area contributed by atoms with E-state index in [0.29, 0.717) is 12.8 Å². The van der Waals surface area contributed by atoms with Crippen molar-refractivity contribution < 1.29 is 78.9 Å². The minimum Gasteiger partial charge on any atom is -0.549 e. The second-order valence-electron chi connectivity index (χ2n) is 4.57. The van der Waals surface area contributed by atoms with Gasteiger partial charge >= 0.3 is 59.1 Å². The van der Waals surface area contributed by atoms with E-state index in [2.05, 4.69) is 0 Å². The molecule has 0 rings (SSSR count). The molecule has 0 aliphatic heterocycles. The molecule has 0 heterocycles. The van der Waals surface area contributed by atoms with Crippen molar-refractivity contribution in [3.05, 3.63) is 0 Å². The molecule has 6 heteroatoms. The first-order valence-corrected chi connectivity index (χ1v) is 6.44. The maximum Gasteiger partial charge on any atom is 1.00 e. The largest absolute Gasteiger partial charge is 1.00 e. The Morgan fingerprint density at radius 2 is 1.11 bits per heavy atom. The van der Waals surface area contributed by atoms with Crippen molar-refractivity contribution >= 4 is 11.9 Å². The van der Waals surface area contributed by atoms with Crippen LogP contribution in [0.25, 0.3) is 0 Å². The number of aliphatic carboxylic acids is 2.